The highest BCUT2D eigenvalue weighted by Crippen LogP contribution is 2.26. The molecule has 21 heavy (non-hydrogen) atoms. The molecule has 1 aromatic heterocycles. The summed E-state index contributed by atoms with van der Waals surface area (Å²) in [6.45, 7) is 6.40. The maximum atomic E-state index is 11.8. The summed E-state index contributed by atoms with van der Waals surface area (Å²) in [7, 11) is 0. The third kappa shape index (κ3) is 4.10. The van der Waals surface area contributed by atoms with Gasteiger partial charge in [0.15, 0.2) is 0 Å². The van der Waals surface area contributed by atoms with E-state index in [0.717, 1.165) is 20.4 Å². The summed E-state index contributed by atoms with van der Waals surface area (Å²) in [5.74, 6) is 0.858. The molecule has 0 bridgehead atoms. The molecule has 0 aliphatic carbocycles. The molecule has 4 nitrogen and oxygen atoms in total. The normalized spacial score (nSPS) is 12.9. The molecule has 2 rings (SSSR count). The molecule has 2 aromatic rings. The Bertz CT molecular complexity index is 652. The summed E-state index contributed by atoms with van der Waals surface area (Å²) in [6.07, 6.45) is 0.423. The Morgan fingerprint density at radius 1 is 1.43 bits per heavy atom. The zero-order chi connectivity index (χ0) is 15.6. The number of carbonyl (C=O) groups is 1. The number of aryl methyl sites for hydroxylation is 1. The Balaban J connectivity index is 2.28. The summed E-state index contributed by atoms with van der Waals surface area (Å²) in [6, 6.07) is 6.26. The molecule has 0 aliphatic rings. The van der Waals surface area contributed by atoms with Crippen molar-refractivity contribution < 1.29 is 4.79 Å². The average molecular weight is 420 g/mol. The van der Waals surface area contributed by atoms with Crippen LogP contribution in [0.2, 0.25) is 0 Å². The van der Waals surface area contributed by atoms with E-state index in [-0.39, 0.29) is 17.3 Å². The summed E-state index contributed by atoms with van der Waals surface area (Å²) >= 11 is 8.50. The molecule has 0 aliphatic heterocycles. The molecule has 1 amide bonds. The van der Waals surface area contributed by atoms with E-state index in [9.17, 15) is 4.79 Å². The van der Waals surface area contributed by atoms with Crippen molar-refractivity contribution in [2.75, 3.05) is 0 Å². The smallest absolute Gasteiger partial charge is 0.221 e. The van der Waals surface area contributed by atoms with E-state index in [0.29, 0.717) is 13.0 Å². The van der Waals surface area contributed by atoms with Crippen LogP contribution in [0.3, 0.4) is 0 Å². The van der Waals surface area contributed by atoms with E-state index in [4.69, 9.17) is 11.6 Å². The minimum absolute atomic E-state index is 0.0468. The first kappa shape index (κ1) is 16.5. The minimum Gasteiger partial charge on any atom is -0.354 e. The Kier molecular flexibility index (Phi) is 5.48. The summed E-state index contributed by atoms with van der Waals surface area (Å²) in [5, 5.41) is 2.71. The SMILES string of the molecule is CC(C)NC(=O)CCn1c(C(C)Cl)nc2cc(I)ccc21. The van der Waals surface area contributed by atoms with Gasteiger partial charge in [0, 0.05) is 22.6 Å². The van der Waals surface area contributed by atoms with Crippen molar-refractivity contribution in [3.8, 4) is 0 Å². The summed E-state index contributed by atoms with van der Waals surface area (Å²) in [5.41, 5.74) is 1.95. The number of carbonyl (C=O) groups excluding carboxylic acids is 1. The first-order valence-electron chi connectivity index (χ1n) is 6.97. The molecule has 0 fully saturated rings. The zero-order valence-electron chi connectivity index (χ0n) is 12.4. The second-order valence-electron chi connectivity index (χ2n) is 5.34. The van der Waals surface area contributed by atoms with Gasteiger partial charge in [0.2, 0.25) is 5.91 Å². The van der Waals surface area contributed by atoms with E-state index in [1.807, 2.05) is 43.5 Å². The molecule has 0 saturated heterocycles. The molecule has 1 unspecified atom stereocenters. The fourth-order valence-corrected chi connectivity index (χ4v) is 2.91. The molecule has 0 saturated carbocycles. The maximum absolute atomic E-state index is 11.8. The monoisotopic (exact) mass is 419 g/mol. The van der Waals surface area contributed by atoms with Gasteiger partial charge in [-0.1, -0.05) is 0 Å². The Hall–Kier alpha value is -0.820. The van der Waals surface area contributed by atoms with Crippen LogP contribution in [0.4, 0.5) is 0 Å². The molecule has 0 radical (unpaired) electrons. The van der Waals surface area contributed by atoms with Crippen LogP contribution in [-0.4, -0.2) is 21.5 Å². The van der Waals surface area contributed by atoms with Gasteiger partial charge in [0.05, 0.1) is 16.4 Å². The number of hydrogen-bond donors (Lipinski definition) is 1. The lowest BCUT2D eigenvalue weighted by molar-refractivity contribution is -0.121. The maximum Gasteiger partial charge on any atom is 0.221 e. The predicted octanol–water partition coefficient (Wildman–Crippen LogP) is 3.86. The third-order valence-electron chi connectivity index (χ3n) is 3.11. The topological polar surface area (TPSA) is 46.9 Å². The Morgan fingerprint density at radius 2 is 2.14 bits per heavy atom. The number of rotatable bonds is 5. The van der Waals surface area contributed by atoms with E-state index < -0.39 is 0 Å². The Morgan fingerprint density at radius 3 is 2.76 bits per heavy atom. The lowest BCUT2D eigenvalue weighted by Crippen LogP contribution is -2.30. The van der Waals surface area contributed by atoms with Gasteiger partial charge in [-0.05, 0) is 61.6 Å². The van der Waals surface area contributed by atoms with Gasteiger partial charge in [-0.15, -0.1) is 11.6 Å². The number of benzene rings is 1. The van der Waals surface area contributed by atoms with Gasteiger partial charge in [-0.2, -0.15) is 0 Å². The molecule has 1 atom stereocenters. The largest absolute Gasteiger partial charge is 0.354 e. The van der Waals surface area contributed by atoms with E-state index in [1.54, 1.807) is 0 Å². The molecule has 1 aromatic carbocycles. The van der Waals surface area contributed by atoms with E-state index in [2.05, 4.69) is 32.9 Å². The van der Waals surface area contributed by atoms with Crippen molar-refractivity contribution in [2.24, 2.45) is 0 Å². The second-order valence-corrected chi connectivity index (χ2v) is 7.24. The van der Waals surface area contributed by atoms with Crippen molar-refractivity contribution >= 4 is 51.1 Å². The van der Waals surface area contributed by atoms with Gasteiger partial charge in [-0.25, -0.2) is 4.98 Å². The molecule has 1 N–H and O–H groups in total. The van der Waals surface area contributed by atoms with Crippen LogP contribution >= 0.6 is 34.2 Å². The summed E-state index contributed by atoms with van der Waals surface area (Å²) in [4.78, 5) is 16.4. The zero-order valence-corrected chi connectivity index (χ0v) is 15.3. The van der Waals surface area contributed by atoms with Crippen molar-refractivity contribution in [3.63, 3.8) is 0 Å². The molecule has 114 valence electrons. The number of imidazole rings is 1. The van der Waals surface area contributed by atoms with Crippen molar-refractivity contribution in [3.05, 3.63) is 27.6 Å². The predicted molar refractivity (Wildman–Crippen MR) is 94.6 cm³/mol. The highest BCUT2D eigenvalue weighted by molar-refractivity contribution is 14.1. The third-order valence-corrected chi connectivity index (χ3v) is 3.97. The summed E-state index contributed by atoms with van der Waals surface area (Å²) < 4.78 is 3.18. The molecular weight excluding hydrogens is 401 g/mol. The Labute approximate surface area is 143 Å². The quantitative estimate of drug-likeness (QED) is 0.591. The van der Waals surface area contributed by atoms with Crippen LogP contribution in [0.25, 0.3) is 11.0 Å². The van der Waals surface area contributed by atoms with Gasteiger partial charge in [0.1, 0.15) is 5.82 Å². The van der Waals surface area contributed by atoms with Crippen LogP contribution in [0, 0.1) is 3.57 Å². The molecule has 0 spiro atoms. The fraction of sp³-hybridized carbons (Fsp3) is 0.467. The second kappa shape index (κ2) is 6.96. The van der Waals surface area contributed by atoms with Crippen molar-refractivity contribution in [2.45, 2.75) is 45.2 Å². The van der Waals surface area contributed by atoms with E-state index >= 15 is 0 Å². The number of amides is 1. The first-order valence-corrected chi connectivity index (χ1v) is 8.49. The van der Waals surface area contributed by atoms with Gasteiger partial charge in [-0.3, -0.25) is 4.79 Å². The fourth-order valence-electron chi connectivity index (χ4n) is 2.27. The minimum atomic E-state index is -0.191. The van der Waals surface area contributed by atoms with Crippen molar-refractivity contribution in [1.82, 2.24) is 14.9 Å². The number of nitrogens with zero attached hydrogens (tertiary/aromatic N) is 2. The number of nitrogens with one attached hydrogen (secondary N) is 1. The number of alkyl halides is 1. The number of hydrogen-bond acceptors (Lipinski definition) is 2. The van der Waals surface area contributed by atoms with E-state index in [1.165, 1.54) is 0 Å². The highest BCUT2D eigenvalue weighted by Gasteiger charge is 2.16. The van der Waals surface area contributed by atoms with Crippen LogP contribution in [0.1, 0.15) is 38.4 Å². The number of halogens is 2. The van der Waals surface area contributed by atoms with Gasteiger partial charge in [0.25, 0.3) is 0 Å². The van der Waals surface area contributed by atoms with Gasteiger partial charge < -0.3 is 9.88 Å². The number of fused-ring (bicyclic) bond motifs is 1. The molecular formula is C15H19ClIN3O. The molecule has 6 heteroatoms. The lowest BCUT2D eigenvalue weighted by Gasteiger charge is -2.12. The molecule has 1 heterocycles. The van der Waals surface area contributed by atoms with Crippen LogP contribution in [0.15, 0.2) is 18.2 Å². The first-order chi connectivity index (χ1) is 9.88. The van der Waals surface area contributed by atoms with Crippen LogP contribution in [-0.2, 0) is 11.3 Å². The van der Waals surface area contributed by atoms with Crippen LogP contribution < -0.4 is 5.32 Å². The van der Waals surface area contributed by atoms with Gasteiger partial charge >= 0.3 is 0 Å². The highest BCUT2D eigenvalue weighted by atomic mass is 127. The van der Waals surface area contributed by atoms with Crippen LogP contribution in [0.5, 0.6) is 0 Å². The van der Waals surface area contributed by atoms with Crippen molar-refractivity contribution in [1.29, 1.82) is 0 Å². The standard InChI is InChI=1S/C15H19ClIN3O/c1-9(2)18-14(21)6-7-20-13-5-4-11(17)8-12(13)19-15(20)10(3)16/h4-5,8-10H,6-7H2,1-3H3,(H,18,21). The average Bonchev–Trinajstić information content (AvgIpc) is 2.73. The number of aromatic nitrogens is 2. The lowest BCUT2D eigenvalue weighted by atomic mass is 10.3.